The lowest BCUT2D eigenvalue weighted by Crippen LogP contribution is -2.47. The lowest BCUT2D eigenvalue weighted by Gasteiger charge is -2.23. The van der Waals surface area contributed by atoms with Crippen molar-refractivity contribution in [2.24, 2.45) is 4.99 Å². The molecule has 4 nitrogen and oxygen atoms in total. The molecule has 5 heteroatoms. The normalized spacial score (nSPS) is 21.9. The molecule has 0 aromatic heterocycles. The van der Waals surface area contributed by atoms with Gasteiger partial charge in [-0.15, -0.1) is 0 Å². The molecule has 1 aliphatic heterocycles. The van der Waals surface area contributed by atoms with Crippen LogP contribution in [-0.4, -0.2) is 41.3 Å². The Kier molecular flexibility index (Phi) is 6.58. The molecule has 0 bridgehead atoms. The lowest BCUT2D eigenvalue weighted by atomic mass is 10.0. The molecule has 1 fully saturated rings. The highest BCUT2D eigenvalue weighted by Gasteiger charge is 2.31. The van der Waals surface area contributed by atoms with E-state index in [1.807, 2.05) is 11.8 Å². The van der Waals surface area contributed by atoms with Crippen molar-refractivity contribution in [3.05, 3.63) is 35.4 Å². The largest absolute Gasteiger partial charge is 0.387 e. The van der Waals surface area contributed by atoms with E-state index in [9.17, 15) is 5.11 Å². The van der Waals surface area contributed by atoms with E-state index in [0.717, 1.165) is 36.9 Å². The summed E-state index contributed by atoms with van der Waals surface area (Å²) in [7, 11) is 0. The van der Waals surface area contributed by atoms with Crippen LogP contribution in [0.25, 0.3) is 0 Å². The van der Waals surface area contributed by atoms with Crippen LogP contribution < -0.4 is 10.6 Å². The van der Waals surface area contributed by atoms with E-state index in [1.165, 1.54) is 11.1 Å². The van der Waals surface area contributed by atoms with Gasteiger partial charge in [0.15, 0.2) is 5.96 Å². The van der Waals surface area contributed by atoms with Crippen LogP contribution in [-0.2, 0) is 13.0 Å². The van der Waals surface area contributed by atoms with Gasteiger partial charge in [-0.2, -0.15) is 11.8 Å². The number of aryl methyl sites for hydroxylation is 1. The molecular weight excluding hydrogens is 294 g/mol. The van der Waals surface area contributed by atoms with Gasteiger partial charge in [0.25, 0.3) is 0 Å². The number of rotatable bonds is 6. The number of nitrogens with one attached hydrogen (secondary N) is 2. The first-order chi connectivity index (χ1) is 10.7. The minimum Gasteiger partial charge on any atom is -0.387 e. The third-order valence-electron chi connectivity index (χ3n) is 3.92. The number of hydrogen-bond acceptors (Lipinski definition) is 3. The highest BCUT2D eigenvalue weighted by Crippen LogP contribution is 2.26. The summed E-state index contributed by atoms with van der Waals surface area (Å²) in [5, 5.41) is 16.9. The maximum absolute atomic E-state index is 10.4. The number of thioether (sulfide) groups is 1. The number of hydrogen-bond donors (Lipinski definition) is 3. The smallest absolute Gasteiger partial charge is 0.191 e. The van der Waals surface area contributed by atoms with Crippen LogP contribution in [0.4, 0.5) is 0 Å². The molecule has 1 aromatic rings. The molecule has 1 unspecified atom stereocenters. The maximum atomic E-state index is 10.4. The van der Waals surface area contributed by atoms with Gasteiger partial charge < -0.3 is 15.7 Å². The molecule has 1 aliphatic rings. The minimum atomic E-state index is -0.595. The SMILES string of the molecule is CCNC(=NCc1ccccc1CC)NCC1(O)CCSC1. The summed E-state index contributed by atoms with van der Waals surface area (Å²) in [6, 6.07) is 8.42. The van der Waals surface area contributed by atoms with Crippen molar-refractivity contribution in [2.45, 2.75) is 38.8 Å². The Hall–Kier alpha value is -1.20. The van der Waals surface area contributed by atoms with Gasteiger partial charge in [0.2, 0.25) is 0 Å². The fourth-order valence-electron chi connectivity index (χ4n) is 2.55. The van der Waals surface area contributed by atoms with E-state index in [4.69, 9.17) is 0 Å². The van der Waals surface area contributed by atoms with E-state index in [2.05, 4.69) is 53.7 Å². The second-order valence-corrected chi connectivity index (χ2v) is 6.80. The van der Waals surface area contributed by atoms with E-state index in [0.29, 0.717) is 13.1 Å². The summed E-state index contributed by atoms with van der Waals surface area (Å²) in [5.74, 6) is 2.62. The molecule has 0 saturated carbocycles. The number of aliphatic imine (C=N–C) groups is 1. The van der Waals surface area contributed by atoms with Crippen LogP contribution in [0, 0.1) is 0 Å². The third-order valence-corrected chi connectivity index (χ3v) is 5.15. The van der Waals surface area contributed by atoms with Crippen molar-refractivity contribution in [3.8, 4) is 0 Å². The highest BCUT2D eigenvalue weighted by molar-refractivity contribution is 7.99. The Balaban J connectivity index is 1.97. The number of aliphatic hydroxyl groups is 1. The standard InChI is InChI=1S/C17H27N3OS/c1-3-14-7-5-6-8-15(14)11-19-16(18-4-2)20-12-17(21)9-10-22-13-17/h5-8,21H,3-4,9-13H2,1-2H3,(H2,18,19,20). The molecular formula is C17H27N3OS. The average Bonchev–Trinajstić information content (AvgIpc) is 2.97. The molecule has 0 spiro atoms. The van der Waals surface area contributed by atoms with Crippen molar-refractivity contribution >= 4 is 17.7 Å². The molecule has 0 amide bonds. The average molecular weight is 321 g/mol. The second-order valence-electron chi connectivity index (χ2n) is 5.70. The number of benzene rings is 1. The predicted molar refractivity (Wildman–Crippen MR) is 95.5 cm³/mol. The van der Waals surface area contributed by atoms with E-state index in [-0.39, 0.29) is 0 Å². The molecule has 122 valence electrons. The van der Waals surface area contributed by atoms with Crippen molar-refractivity contribution < 1.29 is 5.11 Å². The van der Waals surface area contributed by atoms with Crippen molar-refractivity contribution in [3.63, 3.8) is 0 Å². The predicted octanol–water partition coefficient (Wildman–Crippen LogP) is 2.17. The Labute approximate surface area is 137 Å². The third kappa shape index (κ3) is 4.92. The Morgan fingerprint density at radius 3 is 2.68 bits per heavy atom. The van der Waals surface area contributed by atoms with Gasteiger partial charge in [0.1, 0.15) is 0 Å². The first kappa shape index (κ1) is 17.2. The molecule has 22 heavy (non-hydrogen) atoms. The van der Waals surface area contributed by atoms with Gasteiger partial charge in [0.05, 0.1) is 12.1 Å². The van der Waals surface area contributed by atoms with Crippen molar-refractivity contribution in [1.29, 1.82) is 0 Å². The van der Waals surface area contributed by atoms with Gasteiger partial charge >= 0.3 is 0 Å². The van der Waals surface area contributed by atoms with Crippen molar-refractivity contribution in [1.82, 2.24) is 10.6 Å². The van der Waals surface area contributed by atoms with Crippen LogP contribution in [0.2, 0.25) is 0 Å². The molecule has 1 saturated heterocycles. The summed E-state index contributed by atoms with van der Waals surface area (Å²) in [4.78, 5) is 4.66. The van der Waals surface area contributed by atoms with Gasteiger partial charge in [-0.05, 0) is 36.6 Å². The summed E-state index contributed by atoms with van der Waals surface area (Å²) < 4.78 is 0. The topological polar surface area (TPSA) is 56.7 Å². The van der Waals surface area contributed by atoms with Crippen LogP contribution >= 0.6 is 11.8 Å². The lowest BCUT2D eigenvalue weighted by molar-refractivity contribution is 0.0724. The monoisotopic (exact) mass is 321 g/mol. The summed E-state index contributed by atoms with van der Waals surface area (Å²) >= 11 is 1.81. The van der Waals surface area contributed by atoms with Gasteiger partial charge in [-0.3, -0.25) is 0 Å². The zero-order valence-electron chi connectivity index (χ0n) is 13.6. The van der Waals surface area contributed by atoms with Crippen LogP contribution in [0.15, 0.2) is 29.3 Å². The first-order valence-electron chi connectivity index (χ1n) is 8.06. The van der Waals surface area contributed by atoms with Gasteiger partial charge in [0, 0.05) is 18.8 Å². The van der Waals surface area contributed by atoms with Gasteiger partial charge in [-0.1, -0.05) is 31.2 Å². The molecule has 2 rings (SSSR count). The van der Waals surface area contributed by atoms with Gasteiger partial charge in [-0.25, -0.2) is 4.99 Å². The Morgan fingerprint density at radius 2 is 2.05 bits per heavy atom. The van der Waals surface area contributed by atoms with Crippen LogP contribution in [0.3, 0.4) is 0 Å². The minimum absolute atomic E-state index is 0.557. The Morgan fingerprint density at radius 1 is 1.27 bits per heavy atom. The molecule has 1 heterocycles. The maximum Gasteiger partial charge on any atom is 0.191 e. The van der Waals surface area contributed by atoms with E-state index >= 15 is 0 Å². The Bertz CT molecular complexity index is 498. The van der Waals surface area contributed by atoms with Crippen molar-refractivity contribution in [2.75, 3.05) is 24.6 Å². The molecule has 0 aliphatic carbocycles. The summed E-state index contributed by atoms with van der Waals surface area (Å²) in [6.45, 7) is 6.25. The quantitative estimate of drug-likeness (QED) is 0.555. The molecule has 0 radical (unpaired) electrons. The summed E-state index contributed by atoms with van der Waals surface area (Å²) in [5.41, 5.74) is 2.01. The number of nitrogens with zero attached hydrogens (tertiary/aromatic N) is 1. The van der Waals surface area contributed by atoms with Crippen LogP contribution in [0.1, 0.15) is 31.4 Å². The molecule has 1 atom stereocenters. The summed E-state index contributed by atoms with van der Waals surface area (Å²) in [6.07, 6.45) is 1.87. The van der Waals surface area contributed by atoms with E-state index in [1.54, 1.807) is 0 Å². The fraction of sp³-hybridized carbons (Fsp3) is 0.588. The zero-order valence-corrected chi connectivity index (χ0v) is 14.4. The molecule has 1 aromatic carbocycles. The zero-order chi connectivity index (χ0) is 15.8. The fourth-order valence-corrected chi connectivity index (χ4v) is 3.84. The van der Waals surface area contributed by atoms with Crippen LogP contribution in [0.5, 0.6) is 0 Å². The number of guanidine groups is 1. The molecule has 3 N–H and O–H groups in total. The highest BCUT2D eigenvalue weighted by atomic mass is 32.2. The second kappa shape index (κ2) is 8.44. The van der Waals surface area contributed by atoms with E-state index < -0.39 is 5.60 Å². The first-order valence-corrected chi connectivity index (χ1v) is 9.21.